The van der Waals surface area contributed by atoms with Crippen LogP contribution in [0.5, 0.6) is 5.75 Å². The molecule has 6 nitrogen and oxygen atoms in total. The van der Waals surface area contributed by atoms with Crippen molar-refractivity contribution in [1.29, 1.82) is 0 Å². The molecule has 154 valence electrons. The summed E-state index contributed by atoms with van der Waals surface area (Å²) in [5.74, 6) is 0.791. The second-order valence-electron chi connectivity index (χ2n) is 8.16. The van der Waals surface area contributed by atoms with Crippen molar-refractivity contribution >= 4 is 5.91 Å². The second-order valence-corrected chi connectivity index (χ2v) is 8.16. The fourth-order valence-electron chi connectivity index (χ4n) is 4.41. The molecule has 0 saturated carbocycles. The summed E-state index contributed by atoms with van der Waals surface area (Å²) in [7, 11) is 1.65. The molecule has 5 rings (SSSR count). The summed E-state index contributed by atoms with van der Waals surface area (Å²) in [5.41, 5.74) is 3.51. The Balaban J connectivity index is 1.46. The number of para-hydroxylation sites is 1. The molecule has 2 saturated heterocycles. The first-order valence-corrected chi connectivity index (χ1v) is 10.3. The van der Waals surface area contributed by atoms with Gasteiger partial charge in [-0.1, -0.05) is 18.2 Å². The molecular weight excluding hydrogens is 378 g/mol. The molecule has 0 unspecified atom stereocenters. The van der Waals surface area contributed by atoms with Crippen LogP contribution in [0.1, 0.15) is 23.3 Å². The van der Waals surface area contributed by atoms with Crippen LogP contribution in [0.15, 0.2) is 60.7 Å². The number of nitrogens with zero attached hydrogens (tertiary/aromatic N) is 3. The van der Waals surface area contributed by atoms with E-state index in [1.54, 1.807) is 7.11 Å². The average molecular weight is 403 g/mol. The Labute approximate surface area is 176 Å². The van der Waals surface area contributed by atoms with Crippen molar-refractivity contribution in [1.82, 2.24) is 14.7 Å². The molecule has 3 aromatic rings. The van der Waals surface area contributed by atoms with Crippen LogP contribution >= 0.6 is 0 Å². The van der Waals surface area contributed by atoms with Crippen molar-refractivity contribution in [3.05, 3.63) is 66.4 Å². The van der Waals surface area contributed by atoms with Crippen molar-refractivity contribution < 1.29 is 14.3 Å². The minimum atomic E-state index is -0.00319. The van der Waals surface area contributed by atoms with E-state index >= 15 is 0 Å². The van der Waals surface area contributed by atoms with Crippen LogP contribution in [-0.4, -0.2) is 54.0 Å². The van der Waals surface area contributed by atoms with Crippen LogP contribution in [-0.2, 0) is 4.74 Å². The van der Waals surface area contributed by atoms with Gasteiger partial charge in [-0.2, -0.15) is 5.10 Å². The van der Waals surface area contributed by atoms with Gasteiger partial charge in [0.15, 0.2) is 5.69 Å². The van der Waals surface area contributed by atoms with Gasteiger partial charge in [0.25, 0.3) is 5.91 Å². The summed E-state index contributed by atoms with van der Waals surface area (Å²) in [4.78, 5) is 15.1. The third-order valence-corrected chi connectivity index (χ3v) is 6.21. The molecule has 30 heavy (non-hydrogen) atoms. The number of ether oxygens (including phenoxy) is 2. The third-order valence-electron chi connectivity index (χ3n) is 6.21. The van der Waals surface area contributed by atoms with Gasteiger partial charge >= 0.3 is 0 Å². The van der Waals surface area contributed by atoms with Crippen molar-refractivity contribution in [2.45, 2.75) is 12.8 Å². The second kappa shape index (κ2) is 7.61. The number of methoxy groups -OCH3 is 1. The summed E-state index contributed by atoms with van der Waals surface area (Å²) in [6.07, 6.45) is 2.07. The third kappa shape index (κ3) is 3.37. The lowest BCUT2D eigenvalue weighted by atomic mass is 9.73. The molecule has 3 heterocycles. The first kappa shape index (κ1) is 18.9. The van der Waals surface area contributed by atoms with Gasteiger partial charge in [0, 0.05) is 37.3 Å². The van der Waals surface area contributed by atoms with E-state index in [9.17, 15) is 4.79 Å². The van der Waals surface area contributed by atoms with Crippen molar-refractivity contribution in [3.8, 4) is 22.7 Å². The Morgan fingerprint density at radius 2 is 1.73 bits per heavy atom. The number of hydrogen-bond donors (Lipinski definition) is 0. The van der Waals surface area contributed by atoms with Crippen LogP contribution in [0.4, 0.5) is 0 Å². The predicted molar refractivity (Wildman–Crippen MR) is 114 cm³/mol. The van der Waals surface area contributed by atoms with E-state index in [0.29, 0.717) is 5.69 Å². The van der Waals surface area contributed by atoms with Gasteiger partial charge in [0.1, 0.15) is 5.75 Å². The summed E-state index contributed by atoms with van der Waals surface area (Å²) in [6.45, 7) is 3.19. The topological polar surface area (TPSA) is 56.6 Å². The average Bonchev–Trinajstić information content (AvgIpc) is 3.24. The molecule has 0 aliphatic carbocycles. The zero-order chi connectivity index (χ0) is 20.6. The molecule has 0 bridgehead atoms. The highest BCUT2D eigenvalue weighted by Gasteiger charge is 2.46. The fourth-order valence-corrected chi connectivity index (χ4v) is 4.41. The maximum atomic E-state index is 13.2. The Morgan fingerprint density at radius 3 is 2.40 bits per heavy atom. The number of rotatable bonds is 4. The smallest absolute Gasteiger partial charge is 0.274 e. The van der Waals surface area contributed by atoms with Crippen LogP contribution in [0, 0.1) is 5.41 Å². The maximum absolute atomic E-state index is 13.2. The molecular formula is C24H25N3O3. The first-order valence-electron chi connectivity index (χ1n) is 10.3. The number of amides is 1. The minimum Gasteiger partial charge on any atom is -0.497 e. The molecule has 2 aliphatic heterocycles. The van der Waals surface area contributed by atoms with Gasteiger partial charge in [-0.05, 0) is 55.3 Å². The van der Waals surface area contributed by atoms with Crippen molar-refractivity contribution in [2.75, 3.05) is 33.4 Å². The van der Waals surface area contributed by atoms with E-state index < -0.39 is 0 Å². The zero-order valence-electron chi connectivity index (χ0n) is 17.1. The molecule has 0 atom stereocenters. The summed E-state index contributed by atoms with van der Waals surface area (Å²) < 4.78 is 12.6. The first-order chi connectivity index (χ1) is 14.7. The lowest BCUT2D eigenvalue weighted by molar-refractivity contribution is -0.0668. The van der Waals surface area contributed by atoms with Gasteiger partial charge in [-0.3, -0.25) is 4.79 Å². The Kier molecular flexibility index (Phi) is 4.79. The summed E-state index contributed by atoms with van der Waals surface area (Å²) in [5, 5.41) is 4.71. The highest BCUT2D eigenvalue weighted by molar-refractivity contribution is 5.94. The largest absolute Gasteiger partial charge is 0.497 e. The predicted octanol–water partition coefficient (Wildman–Crippen LogP) is 3.80. The highest BCUT2D eigenvalue weighted by atomic mass is 16.5. The molecule has 6 heteroatoms. The van der Waals surface area contributed by atoms with E-state index in [1.807, 2.05) is 70.2 Å². The van der Waals surface area contributed by atoms with Crippen molar-refractivity contribution in [2.24, 2.45) is 5.41 Å². The SMILES string of the molecule is COc1ccc(-c2cc(C(=O)N3CC4(CCOCC4)C3)nn2-c2ccccc2)cc1. The molecule has 2 aliphatic rings. The van der Waals surface area contributed by atoms with Crippen molar-refractivity contribution in [3.63, 3.8) is 0 Å². The number of hydrogen-bond acceptors (Lipinski definition) is 4. The van der Waals surface area contributed by atoms with Gasteiger partial charge < -0.3 is 14.4 Å². The summed E-state index contributed by atoms with van der Waals surface area (Å²) >= 11 is 0. The van der Waals surface area contributed by atoms with E-state index in [2.05, 4.69) is 0 Å². The van der Waals surface area contributed by atoms with Crippen LogP contribution in [0.2, 0.25) is 0 Å². The van der Waals surface area contributed by atoms with Crippen LogP contribution in [0.25, 0.3) is 16.9 Å². The Hall–Kier alpha value is -3.12. The van der Waals surface area contributed by atoms with Gasteiger partial charge in [0.05, 0.1) is 18.5 Å². The number of likely N-dealkylation sites (tertiary alicyclic amines) is 1. The molecule has 2 aromatic carbocycles. The van der Waals surface area contributed by atoms with Gasteiger partial charge in [0.2, 0.25) is 0 Å². The zero-order valence-corrected chi connectivity index (χ0v) is 17.1. The van der Waals surface area contributed by atoms with E-state index in [1.165, 1.54) is 0 Å². The van der Waals surface area contributed by atoms with Crippen LogP contribution in [0.3, 0.4) is 0 Å². The van der Waals surface area contributed by atoms with Gasteiger partial charge in [-0.25, -0.2) is 4.68 Å². The lowest BCUT2D eigenvalue weighted by Gasteiger charge is -2.51. The van der Waals surface area contributed by atoms with E-state index in [4.69, 9.17) is 14.6 Å². The monoisotopic (exact) mass is 403 g/mol. The quantitative estimate of drug-likeness (QED) is 0.665. The number of aromatic nitrogens is 2. The Morgan fingerprint density at radius 1 is 1.03 bits per heavy atom. The molecule has 1 amide bonds. The lowest BCUT2D eigenvalue weighted by Crippen LogP contribution is -2.60. The molecule has 1 aromatic heterocycles. The highest BCUT2D eigenvalue weighted by Crippen LogP contribution is 2.40. The standard InChI is InChI=1S/C24H25N3O3/c1-29-20-9-7-18(8-10-20)22-15-21(25-27(22)19-5-3-2-4-6-19)23(28)26-16-24(17-26)11-13-30-14-12-24/h2-10,15H,11-14,16-17H2,1H3. The Bertz CT molecular complexity index is 1030. The summed E-state index contributed by atoms with van der Waals surface area (Å²) in [6, 6.07) is 19.6. The molecule has 0 radical (unpaired) electrons. The van der Waals surface area contributed by atoms with E-state index in [0.717, 1.165) is 61.8 Å². The molecule has 1 spiro atoms. The maximum Gasteiger partial charge on any atom is 0.274 e. The van der Waals surface area contributed by atoms with E-state index in [-0.39, 0.29) is 11.3 Å². The minimum absolute atomic E-state index is 0.00319. The molecule has 2 fully saturated rings. The number of benzene rings is 2. The fraction of sp³-hybridized carbons (Fsp3) is 0.333. The normalized spacial score (nSPS) is 17.6. The number of carbonyl (C=O) groups is 1. The van der Waals surface area contributed by atoms with Crippen LogP contribution < -0.4 is 4.74 Å². The molecule has 0 N–H and O–H groups in total. The van der Waals surface area contributed by atoms with Gasteiger partial charge in [-0.15, -0.1) is 0 Å². The number of carbonyl (C=O) groups excluding carboxylic acids is 1.